The first-order valence-electron chi connectivity index (χ1n) is 11.3. The van der Waals surface area contributed by atoms with Crippen LogP contribution in [0.3, 0.4) is 0 Å². The van der Waals surface area contributed by atoms with Crippen molar-refractivity contribution in [3.63, 3.8) is 0 Å². The summed E-state index contributed by atoms with van der Waals surface area (Å²) in [5, 5.41) is 11.6. The lowest BCUT2D eigenvalue weighted by atomic mass is 10.1. The Hall–Kier alpha value is -4.57. The van der Waals surface area contributed by atoms with Crippen molar-refractivity contribution in [2.45, 2.75) is 20.8 Å². The zero-order valence-corrected chi connectivity index (χ0v) is 21.1. The predicted octanol–water partition coefficient (Wildman–Crippen LogP) is 3.80. The van der Waals surface area contributed by atoms with Gasteiger partial charge in [0.05, 0.1) is 23.4 Å². The molecule has 1 aliphatic rings. The van der Waals surface area contributed by atoms with E-state index in [1.54, 1.807) is 25.1 Å². The minimum atomic E-state index is -1.10. The number of rotatable bonds is 6. The molecule has 2 aromatic carbocycles. The van der Waals surface area contributed by atoms with Gasteiger partial charge in [0.1, 0.15) is 5.57 Å². The van der Waals surface area contributed by atoms with E-state index in [9.17, 15) is 19.2 Å². The molecule has 0 spiro atoms. The Kier molecular flexibility index (Phi) is 7.03. The highest BCUT2D eigenvalue weighted by molar-refractivity contribution is 7.80. The fraction of sp³-hybridized carbons (Fsp3) is 0.148. The van der Waals surface area contributed by atoms with Crippen LogP contribution in [0.5, 0.6) is 0 Å². The summed E-state index contributed by atoms with van der Waals surface area (Å²) < 4.78 is 7.01. The van der Waals surface area contributed by atoms with E-state index in [0.29, 0.717) is 16.8 Å². The van der Waals surface area contributed by atoms with Gasteiger partial charge >= 0.3 is 11.9 Å². The summed E-state index contributed by atoms with van der Waals surface area (Å²) in [4.78, 5) is 50.6. The predicted molar refractivity (Wildman–Crippen MR) is 141 cm³/mol. The van der Waals surface area contributed by atoms with Gasteiger partial charge in [-0.1, -0.05) is 6.07 Å². The third kappa shape index (κ3) is 4.91. The minimum absolute atomic E-state index is 0.0541. The first kappa shape index (κ1) is 25.5. The van der Waals surface area contributed by atoms with Gasteiger partial charge in [-0.05, 0) is 93.2 Å². The van der Waals surface area contributed by atoms with Crippen molar-refractivity contribution >= 4 is 52.8 Å². The fourth-order valence-electron chi connectivity index (χ4n) is 4.12. The van der Waals surface area contributed by atoms with E-state index in [0.717, 1.165) is 22.0 Å². The summed E-state index contributed by atoms with van der Waals surface area (Å²) in [7, 11) is 0. The summed E-state index contributed by atoms with van der Waals surface area (Å²) in [5.41, 5.74) is 3.59. The van der Waals surface area contributed by atoms with Crippen LogP contribution in [0.25, 0.3) is 11.8 Å². The normalized spacial score (nSPS) is 14.6. The Labute approximate surface area is 218 Å². The molecule has 188 valence electrons. The van der Waals surface area contributed by atoms with E-state index in [2.05, 4.69) is 5.32 Å². The highest BCUT2D eigenvalue weighted by atomic mass is 32.1. The second kappa shape index (κ2) is 10.2. The van der Waals surface area contributed by atoms with Crippen LogP contribution in [0, 0.1) is 13.8 Å². The van der Waals surface area contributed by atoms with Crippen molar-refractivity contribution in [3.8, 4) is 5.69 Å². The molecule has 0 atom stereocenters. The van der Waals surface area contributed by atoms with E-state index in [1.165, 1.54) is 30.3 Å². The summed E-state index contributed by atoms with van der Waals surface area (Å²) >= 11 is 5.22. The van der Waals surface area contributed by atoms with Gasteiger partial charge in [-0.15, -0.1) is 0 Å². The minimum Gasteiger partial charge on any atom is -0.478 e. The standard InChI is InChI=1S/C27H23N3O6S/c1-4-36-26(35)18-6-5-7-21(13-18)29-15(2)12-19(16(29)3)14-22-23(31)28-27(37)30(24(22)32)20-10-8-17(9-11-20)25(33)34/h5-14H,4H2,1-3H3,(H,33,34)(H,28,31,37)/b22-14+. The van der Waals surface area contributed by atoms with Crippen LogP contribution in [-0.4, -0.2) is 45.1 Å². The molecule has 1 aromatic heterocycles. The molecule has 2 amide bonds. The summed E-state index contributed by atoms with van der Waals surface area (Å²) in [6, 6.07) is 14.4. The largest absolute Gasteiger partial charge is 0.478 e. The van der Waals surface area contributed by atoms with Gasteiger partial charge in [-0.2, -0.15) is 0 Å². The molecule has 37 heavy (non-hydrogen) atoms. The average Bonchev–Trinajstić information content (AvgIpc) is 3.14. The Balaban J connectivity index is 1.71. The van der Waals surface area contributed by atoms with Crippen LogP contribution in [-0.2, 0) is 14.3 Å². The molecule has 1 saturated heterocycles. The number of nitrogens with zero attached hydrogens (tertiary/aromatic N) is 2. The second-order valence-electron chi connectivity index (χ2n) is 8.24. The lowest BCUT2D eigenvalue weighted by Crippen LogP contribution is -2.54. The van der Waals surface area contributed by atoms with Gasteiger partial charge < -0.3 is 14.4 Å². The van der Waals surface area contributed by atoms with Gasteiger partial charge in [0.25, 0.3) is 11.8 Å². The average molecular weight is 518 g/mol. The van der Waals surface area contributed by atoms with E-state index in [4.69, 9.17) is 22.1 Å². The number of hydrogen-bond donors (Lipinski definition) is 2. The lowest BCUT2D eigenvalue weighted by Gasteiger charge is -2.29. The third-order valence-electron chi connectivity index (χ3n) is 5.86. The number of aryl methyl sites for hydroxylation is 1. The van der Waals surface area contributed by atoms with Crippen molar-refractivity contribution < 1.29 is 29.0 Å². The molecule has 0 radical (unpaired) electrons. The van der Waals surface area contributed by atoms with E-state index in [1.807, 2.05) is 30.5 Å². The quantitative estimate of drug-likeness (QED) is 0.221. The second-order valence-corrected chi connectivity index (χ2v) is 8.63. The van der Waals surface area contributed by atoms with Crippen LogP contribution < -0.4 is 10.2 Å². The van der Waals surface area contributed by atoms with Crippen molar-refractivity contribution in [2.24, 2.45) is 0 Å². The number of amides is 2. The number of carbonyl (C=O) groups excluding carboxylic acids is 3. The number of hydrogen-bond acceptors (Lipinski definition) is 6. The summed E-state index contributed by atoms with van der Waals surface area (Å²) in [5.74, 6) is -2.80. The number of ether oxygens (including phenoxy) is 1. The smallest absolute Gasteiger partial charge is 0.338 e. The van der Waals surface area contributed by atoms with Crippen LogP contribution in [0.1, 0.15) is 44.6 Å². The fourth-order valence-corrected chi connectivity index (χ4v) is 4.40. The molecular formula is C27H23N3O6S. The zero-order valence-electron chi connectivity index (χ0n) is 20.3. The monoisotopic (exact) mass is 517 g/mol. The van der Waals surface area contributed by atoms with Gasteiger partial charge in [0, 0.05) is 17.1 Å². The SMILES string of the molecule is CCOC(=O)c1cccc(-n2c(C)cc(/C=C3\C(=O)NC(=S)N(c4ccc(C(=O)O)cc4)C3=O)c2C)c1. The summed E-state index contributed by atoms with van der Waals surface area (Å²) in [6.07, 6.45) is 1.49. The maximum atomic E-state index is 13.4. The first-order chi connectivity index (χ1) is 17.6. The molecule has 0 bridgehead atoms. The molecule has 3 aromatic rings. The van der Waals surface area contributed by atoms with Crippen molar-refractivity contribution in [2.75, 3.05) is 11.5 Å². The number of carboxylic acids is 1. The number of carboxylic acid groups (broad SMARTS) is 1. The van der Waals surface area contributed by atoms with E-state index in [-0.39, 0.29) is 22.9 Å². The number of aromatic carboxylic acids is 1. The zero-order chi connectivity index (χ0) is 26.9. The Morgan fingerprint density at radius 3 is 2.38 bits per heavy atom. The molecule has 2 N–H and O–H groups in total. The Bertz CT molecular complexity index is 1490. The van der Waals surface area contributed by atoms with Crippen LogP contribution in [0.15, 0.2) is 60.2 Å². The molecule has 0 unspecified atom stereocenters. The molecule has 10 heteroatoms. The maximum absolute atomic E-state index is 13.4. The van der Waals surface area contributed by atoms with E-state index >= 15 is 0 Å². The Morgan fingerprint density at radius 2 is 1.73 bits per heavy atom. The molecule has 0 saturated carbocycles. The molecule has 4 rings (SSSR count). The number of carbonyl (C=O) groups is 4. The topological polar surface area (TPSA) is 118 Å². The van der Waals surface area contributed by atoms with Crippen molar-refractivity contribution in [3.05, 3.63) is 88.2 Å². The highest BCUT2D eigenvalue weighted by Crippen LogP contribution is 2.27. The first-order valence-corrected chi connectivity index (χ1v) is 11.7. The van der Waals surface area contributed by atoms with Gasteiger partial charge in [-0.3, -0.25) is 19.8 Å². The molecule has 2 heterocycles. The van der Waals surface area contributed by atoms with Crippen molar-refractivity contribution in [1.29, 1.82) is 0 Å². The Morgan fingerprint density at radius 1 is 1.03 bits per heavy atom. The third-order valence-corrected chi connectivity index (χ3v) is 6.14. The number of esters is 1. The van der Waals surface area contributed by atoms with Crippen LogP contribution in [0.4, 0.5) is 5.69 Å². The molecule has 9 nitrogen and oxygen atoms in total. The molecular weight excluding hydrogens is 494 g/mol. The molecule has 0 aliphatic carbocycles. The van der Waals surface area contributed by atoms with E-state index < -0.39 is 23.8 Å². The maximum Gasteiger partial charge on any atom is 0.338 e. The number of nitrogens with one attached hydrogen (secondary N) is 1. The molecule has 1 fully saturated rings. The van der Waals surface area contributed by atoms with Crippen LogP contribution in [0.2, 0.25) is 0 Å². The summed E-state index contributed by atoms with van der Waals surface area (Å²) in [6.45, 7) is 5.72. The number of benzene rings is 2. The van der Waals surface area contributed by atoms with Gasteiger partial charge in [-0.25, -0.2) is 9.59 Å². The van der Waals surface area contributed by atoms with Gasteiger partial charge in [0.15, 0.2) is 5.11 Å². The number of thiocarbonyl (C=S) groups is 1. The number of anilines is 1. The highest BCUT2D eigenvalue weighted by Gasteiger charge is 2.34. The van der Waals surface area contributed by atoms with Gasteiger partial charge in [0.2, 0.25) is 0 Å². The lowest BCUT2D eigenvalue weighted by molar-refractivity contribution is -0.122. The van der Waals surface area contributed by atoms with Crippen LogP contribution >= 0.6 is 12.2 Å². The van der Waals surface area contributed by atoms with Crippen molar-refractivity contribution in [1.82, 2.24) is 9.88 Å². The molecule has 1 aliphatic heterocycles. The number of aromatic nitrogens is 1.